The zero-order valence-corrected chi connectivity index (χ0v) is 11.0. The molecule has 0 bridgehead atoms. The van der Waals surface area contributed by atoms with Crippen LogP contribution >= 0.6 is 11.6 Å². The molecule has 1 fully saturated rings. The molecule has 0 atom stereocenters. The Kier molecular flexibility index (Phi) is 4.02. The second-order valence-corrected chi connectivity index (χ2v) is 4.83. The number of hydrogen-bond donors (Lipinski definition) is 2. The number of anilines is 2. The zero-order chi connectivity index (χ0) is 12.3. The van der Waals surface area contributed by atoms with Crippen molar-refractivity contribution in [2.24, 2.45) is 0 Å². The Balaban J connectivity index is 2.27. The zero-order valence-electron chi connectivity index (χ0n) is 10.2. The summed E-state index contributed by atoms with van der Waals surface area (Å²) >= 11 is 6.19. The molecule has 2 heterocycles. The molecule has 0 saturated carbocycles. The lowest BCUT2D eigenvalue weighted by molar-refractivity contribution is 0.583. The fraction of sp³-hybridized carbons (Fsp3) is 0.636. The number of hydrogen-bond acceptors (Lipinski definition) is 5. The third-order valence-corrected chi connectivity index (χ3v) is 2.92. The van der Waals surface area contributed by atoms with Crippen molar-refractivity contribution in [2.75, 3.05) is 36.4 Å². The smallest absolute Gasteiger partial charge is 0.176 e. The molecule has 2 N–H and O–H groups in total. The molecule has 6 heteroatoms. The van der Waals surface area contributed by atoms with Crippen molar-refractivity contribution in [3.8, 4) is 0 Å². The lowest BCUT2D eigenvalue weighted by atomic mass is 10.3. The number of nitrogens with zero attached hydrogens (tertiary/aromatic N) is 3. The van der Waals surface area contributed by atoms with E-state index in [4.69, 9.17) is 11.6 Å². The van der Waals surface area contributed by atoms with Crippen molar-refractivity contribution in [1.82, 2.24) is 15.5 Å². The first-order valence-electron chi connectivity index (χ1n) is 5.92. The van der Waals surface area contributed by atoms with Crippen LogP contribution in [0, 0.1) is 0 Å². The molecule has 1 aromatic rings. The van der Waals surface area contributed by atoms with E-state index in [1.807, 2.05) is 0 Å². The van der Waals surface area contributed by atoms with Gasteiger partial charge in [-0.2, -0.15) is 5.10 Å². The van der Waals surface area contributed by atoms with Gasteiger partial charge in [-0.15, -0.1) is 5.10 Å². The molecule has 0 aliphatic carbocycles. The maximum atomic E-state index is 6.19. The van der Waals surface area contributed by atoms with Gasteiger partial charge < -0.3 is 15.5 Å². The fourth-order valence-electron chi connectivity index (χ4n) is 1.88. The van der Waals surface area contributed by atoms with Crippen LogP contribution in [-0.2, 0) is 0 Å². The molecule has 17 heavy (non-hydrogen) atoms. The topological polar surface area (TPSA) is 53.1 Å². The van der Waals surface area contributed by atoms with E-state index in [0.717, 1.165) is 37.7 Å². The third kappa shape index (κ3) is 2.98. The van der Waals surface area contributed by atoms with Crippen LogP contribution in [0.4, 0.5) is 11.5 Å². The summed E-state index contributed by atoms with van der Waals surface area (Å²) in [6, 6.07) is 0.318. The highest BCUT2D eigenvalue weighted by atomic mass is 35.5. The van der Waals surface area contributed by atoms with Crippen LogP contribution in [0.25, 0.3) is 0 Å². The summed E-state index contributed by atoms with van der Waals surface area (Å²) in [4.78, 5) is 2.21. The lowest BCUT2D eigenvalue weighted by Gasteiger charge is -2.30. The molecule has 0 spiro atoms. The largest absolute Gasteiger partial charge is 0.379 e. The highest BCUT2D eigenvalue weighted by Gasteiger charge is 2.18. The average molecular weight is 256 g/mol. The van der Waals surface area contributed by atoms with Crippen LogP contribution < -0.4 is 15.5 Å². The molecule has 2 rings (SSSR count). The van der Waals surface area contributed by atoms with E-state index in [1.165, 1.54) is 0 Å². The van der Waals surface area contributed by atoms with Crippen LogP contribution in [0.15, 0.2) is 6.20 Å². The van der Waals surface area contributed by atoms with Gasteiger partial charge in [-0.3, -0.25) is 0 Å². The van der Waals surface area contributed by atoms with Crippen LogP contribution in [0.1, 0.15) is 13.8 Å². The standard InChI is InChI=1S/C11H18ClN5/c1-8(2)15-10-9(12)7-14-16-11(10)17-5-3-13-4-6-17/h7-8,13H,3-6H2,1-2H3,(H,14,15). The van der Waals surface area contributed by atoms with Crippen molar-refractivity contribution >= 4 is 23.1 Å². The first-order chi connectivity index (χ1) is 8.18. The predicted molar refractivity (Wildman–Crippen MR) is 70.9 cm³/mol. The van der Waals surface area contributed by atoms with Gasteiger partial charge in [-0.1, -0.05) is 11.6 Å². The van der Waals surface area contributed by atoms with Crippen molar-refractivity contribution in [3.05, 3.63) is 11.2 Å². The summed E-state index contributed by atoms with van der Waals surface area (Å²) in [5, 5.41) is 15.4. The Morgan fingerprint density at radius 2 is 2.12 bits per heavy atom. The van der Waals surface area contributed by atoms with Crippen LogP contribution in [-0.4, -0.2) is 42.4 Å². The monoisotopic (exact) mass is 255 g/mol. The summed E-state index contributed by atoms with van der Waals surface area (Å²) in [6.07, 6.45) is 1.58. The van der Waals surface area contributed by atoms with Gasteiger partial charge in [0, 0.05) is 32.2 Å². The Hall–Kier alpha value is -1.07. The van der Waals surface area contributed by atoms with E-state index in [9.17, 15) is 0 Å². The second-order valence-electron chi connectivity index (χ2n) is 4.43. The summed E-state index contributed by atoms with van der Waals surface area (Å²) in [7, 11) is 0. The number of halogens is 1. The molecule has 1 saturated heterocycles. The number of aromatic nitrogens is 2. The first kappa shape index (κ1) is 12.4. The van der Waals surface area contributed by atoms with Gasteiger partial charge in [0.15, 0.2) is 5.82 Å². The van der Waals surface area contributed by atoms with E-state index < -0.39 is 0 Å². The van der Waals surface area contributed by atoms with Crippen LogP contribution in [0.5, 0.6) is 0 Å². The van der Waals surface area contributed by atoms with Gasteiger partial charge >= 0.3 is 0 Å². The summed E-state index contributed by atoms with van der Waals surface area (Å²) < 4.78 is 0. The summed E-state index contributed by atoms with van der Waals surface area (Å²) in [5.74, 6) is 0.854. The molecule has 0 unspecified atom stereocenters. The van der Waals surface area contributed by atoms with E-state index >= 15 is 0 Å². The Morgan fingerprint density at radius 1 is 1.41 bits per heavy atom. The highest BCUT2D eigenvalue weighted by Crippen LogP contribution is 2.30. The Morgan fingerprint density at radius 3 is 2.76 bits per heavy atom. The highest BCUT2D eigenvalue weighted by molar-refractivity contribution is 6.33. The third-order valence-electron chi connectivity index (χ3n) is 2.64. The van der Waals surface area contributed by atoms with Gasteiger partial charge in [0.25, 0.3) is 0 Å². The predicted octanol–water partition coefficient (Wildman–Crippen LogP) is 1.36. The molecule has 0 radical (unpaired) electrons. The number of piperazine rings is 1. The second kappa shape index (κ2) is 5.51. The quantitative estimate of drug-likeness (QED) is 0.854. The normalized spacial score (nSPS) is 16.4. The Labute approximate surface area is 107 Å². The van der Waals surface area contributed by atoms with E-state index in [2.05, 4.69) is 39.6 Å². The molecule has 94 valence electrons. The van der Waals surface area contributed by atoms with Gasteiger partial charge in [-0.05, 0) is 13.8 Å². The number of nitrogens with one attached hydrogen (secondary N) is 2. The van der Waals surface area contributed by atoms with Crippen molar-refractivity contribution < 1.29 is 0 Å². The summed E-state index contributed by atoms with van der Waals surface area (Å²) in [6.45, 7) is 7.96. The minimum Gasteiger partial charge on any atom is -0.379 e. The molecular weight excluding hydrogens is 238 g/mol. The minimum atomic E-state index is 0.318. The molecular formula is C11H18ClN5. The lowest BCUT2D eigenvalue weighted by Crippen LogP contribution is -2.44. The minimum absolute atomic E-state index is 0.318. The molecule has 0 amide bonds. The average Bonchev–Trinajstić information content (AvgIpc) is 2.32. The number of rotatable bonds is 3. The van der Waals surface area contributed by atoms with Gasteiger partial charge in [0.1, 0.15) is 0 Å². The van der Waals surface area contributed by atoms with Crippen molar-refractivity contribution in [2.45, 2.75) is 19.9 Å². The van der Waals surface area contributed by atoms with E-state index in [0.29, 0.717) is 11.1 Å². The SMILES string of the molecule is CC(C)Nc1c(Cl)cnnc1N1CCNCC1. The molecule has 1 aliphatic rings. The van der Waals surface area contributed by atoms with Crippen LogP contribution in [0.2, 0.25) is 5.02 Å². The fourth-order valence-corrected chi connectivity index (χ4v) is 2.06. The van der Waals surface area contributed by atoms with Crippen LogP contribution in [0.3, 0.4) is 0 Å². The van der Waals surface area contributed by atoms with Gasteiger partial charge in [0.2, 0.25) is 0 Å². The maximum Gasteiger partial charge on any atom is 0.176 e. The van der Waals surface area contributed by atoms with E-state index in [1.54, 1.807) is 6.20 Å². The first-order valence-corrected chi connectivity index (χ1v) is 6.29. The van der Waals surface area contributed by atoms with Crippen molar-refractivity contribution in [3.63, 3.8) is 0 Å². The molecule has 1 aromatic heterocycles. The Bertz CT molecular complexity index is 376. The van der Waals surface area contributed by atoms with E-state index in [-0.39, 0.29) is 0 Å². The molecule has 0 aromatic carbocycles. The van der Waals surface area contributed by atoms with Crippen molar-refractivity contribution in [1.29, 1.82) is 0 Å². The maximum absolute atomic E-state index is 6.19. The van der Waals surface area contributed by atoms with Gasteiger partial charge in [0.05, 0.1) is 16.9 Å². The molecule has 5 nitrogen and oxygen atoms in total. The van der Waals surface area contributed by atoms with Gasteiger partial charge in [-0.25, -0.2) is 0 Å². The summed E-state index contributed by atoms with van der Waals surface area (Å²) in [5.41, 5.74) is 0.888. The molecule has 1 aliphatic heterocycles.